The summed E-state index contributed by atoms with van der Waals surface area (Å²) in [7, 11) is -11.4. The minimum atomic E-state index is -4.72. The maximum absolute atomic E-state index is 13.5. The van der Waals surface area contributed by atoms with E-state index in [1.165, 1.54) is 60.7 Å². The van der Waals surface area contributed by atoms with E-state index in [1.807, 2.05) is 0 Å². The summed E-state index contributed by atoms with van der Waals surface area (Å²) in [6.45, 7) is 0. The van der Waals surface area contributed by atoms with E-state index >= 15 is 0 Å². The van der Waals surface area contributed by atoms with E-state index < -0.39 is 63.2 Å². The van der Waals surface area contributed by atoms with Crippen LogP contribution in [-0.4, -0.2) is 60.4 Å². The highest BCUT2D eigenvalue weighted by molar-refractivity contribution is 7.92. The molecular formula is C28H22N2O12S3. The lowest BCUT2D eigenvalue weighted by Gasteiger charge is -2.12. The first-order valence-corrected chi connectivity index (χ1v) is 16.9. The van der Waals surface area contributed by atoms with Crippen molar-refractivity contribution in [1.29, 1.82) is 0 Å². The van der Waals surface area contributed by atoms with Gasteiger partial charge in [0.25, 0.3) is 32.1 Å². The fourth-order valence-corrected chi connectivity index (χ4v) is 7.91. The summed E-state index contributed by atoms with van der Waals surface area (Å²) in [5, 5.41) is 5.00. The van der Waals surface area contributed by atoms with E-state index in [2.05, 4.69) is 10.6 Å². The SMILES string of the molecule is COc1c(C(=O)Nc2ccc3c(c2)S(=O)(=O)c2cc(NC(=O)c4cccc(S(=O)(=O)O)c4OC)ccc2-3)cccc1S(=O)(=O)O. The monoisotopic (exact) mass is 674 g/mol. The molecule has 1 aliphatic heterocycles. The van der Waals surface area contributed by atoms with E-state index in [0.717, 1.165) is 26.4 Å². The van der Waals surface area contributed by atoms with Crippen molar-refractivity contribution < 1.29 is 53.4 Å². The summed E-state index contributed by atoms with van der Waals surface area (Å²) in [5.41, 5.74) is 0.253. The number of hydrogen-bond donors (Lipinski definition) is 4. The third kappa shape index (κ3) is 5.74. The number of benzene rings is 4. The van der Waals surface area contributed by atoms with Crippen LogP contribution in [0.1, 0.15) is 20.7 Å². The van der Waals surface area contributed by atoms with Gasteiger partial charge in [0.15, 0.2) is 11.5 Å². The van der Waals surface area contributed by atoms with Gasteiger partial charge in [0.05, 0.1) is 35.1 Å². The van der Waals surface area contributed by atoms with Crippen LogP contribution in [0.4, 0.5) is 11.4 Å². The standard InChI is InChI=1S/C28H22N2O12S3/c1-41-25-19(5-3-7-21(25)44(35,36)37)27(31)29-15-9-11-17-18-12-10-16(14-24(18)43(33,34)23(17)13-15)30-28(32)20-6-4-8-22(26(20)42-2)45(38,39)40/h3-14H,1-2H3,(H,29,31)(H,30,32)(H,35,36,37)(H,38,39,40). The van der Waals surface area contributed by atoms with Crippen LogP contribution >= 0.6 is 0 Å². The summed E-state index contributed by atoms with van der Waals surface area (Å²) in [5.74, 6) is -2.50. The molecule has 4 N–H and O–H groups in total. The van der Waals surface area contributed by atoms with Crippen LogP contribution in [0.5, 0.6) is 11.5 Å². The Hall–Kier alpha value is -4.81. The number of amides is 2. The highest BCUT2D eigenvalue weighted by Gasteiger charge is 2.34. The Kier molecular flexibility index (Phi) is 7.92. The number of methoxy groups -OCH3 is 2. The van der Waals surface area contributed by atoms with Gasteiger partial charge in [-0.1, -0.05) is 24.3 Å². The van der Waals surface area contributed by atoms with Crippen LogP contribution in [0, 0.1) is 0 Å². The first-order chi connectivity index (χ1) is 21.1. The number of nitrogens with one attached hydrogen (secondary N) is 2. The molecule has 14 nitrogen and oxygen atoms in total. The van der Waals surface area contributed by atoms with Gasteiger partial charge in [-0.15, -0.1) is 0 Å². The summed E-state index contributed by atoms with van der Waals surface area (Å²) in [6, 6.07) is 15.3. The molecule has 0 radical (unpaired) electrons. The molecule has 1 aliphatic rings. The van der Waals surface area contributed by atoms with Gasteiger partial charge in [0.1, 0.15) is 9.79 Å². The topological polar surface area (TPSA) is 220 Å². The van der Waals surface area contributed by atoms with E-state index in [9.17, 15) is 43.9 Å². The van der Waals surface area contributed by atoms with Crippen LogP contribution in [0.15, 0.2) is 92.4 Å². The molecule has 0 atom stereocenters. The van der Waals surface area contributed by atoms with Crippen LogP contribution in [-0.2, 0) is 30.1 Å². The lowest BCUT2D eigenvalue weighted by Crippen LogP contribution is -2.15. The molecule has 0 spiro atoms. The Morgan fingerprint density at radius 2 is 1.02 bits per heavy atom. The summed E-state index contributed by atoms with van der Waals surface area (Å²) in [4.78, 5) is 24.5. The Bertz CT molecular complexity index is 2100. The van der Waals surface area contributed by atoms with Crippen molar-refractivity contribution in [2.45, 2.75) is 19.6 Å². The molecule has 0 fully saturated rings. The molecule has 0 saturated heterocycles. The van der Waals surface area contributed by atoms with Crippen molar-refractivity contribution in [3.8, 4) is 22.6 Å². The summed E-state index contributed by atoms with van der Waals surface area (Å²) < 4.78 is 103. The van der Waals surface area contributed by atoms with Crippen LogP contribution < -0.4 is 20.1 Å². The number of ether oxygens (including phenoxy) is 2. The lowest BCUT2D eigenvalue weighted by atomic mass is 10.0. The van der Waals surface area contributed by atoms with Crippen LogP contribution in [0.3, 0.4) is 0 Å². The maximum atomic E-state index is 13.5. The van der Waals surface area contributed by atoms with Crippen molar-refractivity contribution in [2.24, 2.45) is 0 Å². The van der Waals surface area contributed by atoms with Crippen molar-refractivity contribution in [2.75, 3.05) is 24.9 Å². The number of fused-ring (bicyclic) bond motifs is 3. The smallest absolute Gasteiger partial charge is 0.298 e. The molecule has 0 bridgehead atoms. The molecule has 4 aromatic rings. The van der Waals surface area contributed by atoms with Crippen molar-refractivity contribution in [1.82, 2.24) is 0 Å². The zero-order chi connectivity index (χ0) is 32.9. The summed E-state index contributed by atoms with van der Waals surface area (Å²) >= 11 is 0. The molecule has 0 aliphatic carbocycles. The third-order valence-electron chi connectivity index (χ3n) is 6.76. The van der Waals surface area contributed by atoms with Gasteiger partial charge in [0, 0.05) is 22.5 Å². The van der Waals surface area contributed by atoms with Crippen molar-refractivity contribution in [3.63, 3.8) is 0 Å². The first kappa shape index (κ1) is 31.6. The van der Waals surface area contributed by atoms with E-state index in [-0.39, 0.29) is 32.3 Å². The Balaban J connectivity index is 1.44. The number of rotatable bonds is 8. The highest BCUT2D eigenvalue weighted by Crippen LogP contribution is 2.45. The van der Waals surface area contributed by atoms with E-state index in [1.54, 1.807) is 0 Å². The average molecular weight is 675 g/mol. The number of para-hydroxylation sites is 2. The number of carbonyl (C=O) groups is 2. The van der Waals surface area contributed by atoms with Crippen LogP contribution in [0.2, 0.25) is 0 Å². The van der Waals surface area contributed by atoms with Gasteiger partial charge in [-0.05, 0) is 48.5 Å². The zero-order valence-electron chi connectivity index (χ0n) is 23.1. The van der Waals surface area contributed by atoms with Gasteiger partial charge in [-0.3, -0.25) is 18.7 Å². The lowest BCUT2D eigenvalue weighted by molar-refractivity contribution is 0.101. The molecule has 4 aromatic carbocycles. The predicted octanol–water partition coefficient (Wildman–Crippen LogP) is 3.52. The van der Waals surface area contributed by atoms with Crippen molar-refractivity contribution in [3.05, 3.63) is 83.9 Å². The zero-order valence-corrected chi connectivity index (χ0v) is 25.6. The number of sulfone groups is 1. The third-order valence-corrected chi connectivity index (χ3v) is 10.3. The van der Waals surface area contributed by atoms with E-state index in [4.69, 9.17) is 9.47 Å². The predicted molar refractivity (Wildman–Crippen MR) is 159 cm³/mol. The quantitative estimate of drug-likeness (QED) is 0.174. The normalized spacial score (nSPS) is 13.3. The summed E-state index contributed by atoms with van der Waals surface area (Å²) in [6.07, 6.45) is 0. The molecular weight excluding hydrogens is 653 g/mol. The highest BCUT2D eigenvalue weighted by atomic mass is 32.2. The molecule has 5 rings (SSSR count). The number of anilines is 2. The fraction of sp³-hybridized carbons (Fsp3) is 0.0714. The first-order valence-electron chi connectivity index (χ1n) is 12.5. The van der Waals surface area contributed by atoms with Gasteiger partial charge in [-0.25, -0.2) is 8.42 Å². The number of hydrogen-bond acceptors (Lipinski definition) is 10. The molecule has 45 heavy (non-hydrogen) atoms. The molecule has 1 heterocycles. The molecule has 17 heteroatoms. The van der Waals surface area contributed by atoms with Gasteiger partial charge in [-0.2, -0.15) is 16.8 Å². The average Bonchev–Trinajstić information content (AvgIpc) is 3.20. The molecule has 234 valence electrons. The molecule has 0 unspecified atom stereocenters. The largest absolute Gasteiger partial charge is 0.494 e. The second-order valence-electron chi connectivity index (χ2n) is 9.46. The Labute approximate surface area is 257 Å². The minimum Gasteiger partial charge on any atom is -0.494 e. The second kappa shape index (κ2) is 11.3. The molecule has 2 amide bonds. The molecule has 0 saturated carbocycles. The Morgan fingerprint density at radius 1 is 0.644 bits per heavy atom. The molecule has 0 aromatic heterocycles. The van der Waals surface area contributed by atoms with Crippen molar-refractivity contribution >= 4 is 53.3 Å². The van der Waals surface area contributed by atoms with Gasteiger partial charge < -0.3 is 20.1 Å². The fourth-order valence-electron chi connectivity index (χ4n) is 4.82. The van der Waals surface area contributed by atoms with E-state index in [0.29, 0.717) is 11.1 Å². The minimum absolute atomic E-state index is 0.0498. The van der Waals surface area contributed by atoms with Gasteiger partial charge in [0.2, 0.25) is 9.84 Å². The number of carbonyl (C=O) groups excluding carboxylic acids is 2. The Morgan fingerprint density at radius 3 is 1.36 bits per heavy atom. The maximum Gasteiger partial charge on any atom is 0.298 e. The second-order valence-corrected chi connectivity index (χ2v) is 14.1. The van der Waals surface area contributed by atoms with Crippen LogP contribution in [0.25, 0.3) is 11.1 Å². The van der Waals surface area contributed by atoms with Gasteiger partial charge >= 0.3 is 0 Å².